The lowest BCUT2D eigenvalue weighted by molar-refractivity contribution is -0.384. The number of carbonyl (C=O) groups excluding carboxylic acids is 1. The number of non-ortho nitro benzene ring substituents is 1. The van der Waals surface area contributed by atoms with Gasteiger partial charge in [-0.1, -0.05) is 6.07 Å². The van der Waals surface area contributed by atoms with Crippen molar-refractivity contribution in [3.05, 3.63) is 58.1 Å². The molecular weight excluding hydrogens is 414 g/mol. The lowest BCUT2D eigenvalue weighted by atomic mass is 10.1. The van der Waals surface area contributed by atoms with Gasteiger partial charge in [0.25, 0.3) is 11.6 Å². The molecule has 0 spiro atoms. The number of benzene rings is 2. The standard InChI is InChI=1S/C19H21N3O7S/c1-28-16-4-3-5-17(29-2)18(16)19(23)20-10-12-21(13-11-20)30(26,27)15-8-6-14(7-9-15)22(24)25/h3-9H,10-13H2,1-2H3. The first-order valence-electron chi connectivity index (χ1n) is 9.04. The van der Waals surface area contributed by atoms with Gasteiger partial charge in [0, 0.05) is 38.3 Å². The largest absolute Gasteiger partial charge is 0.496 e. The molecule has 11 heteroatoms. The highest BCUT2D eigenvalue weighted by molar-refractivity contribution is 7.89. The Labute approximate surface area is 173 Å². The van der Waals surface area contributed by atoms with Gasteiger partial charge in [-0.05, 0) is 24.3 Å². The van der Waals surface area contributed by atoms with Crippen LogP contribution in [0, 0.1) is 10.1 Å². The zero-order valence-electron chi connectivity index (χ0n) is 16.5. The highest BCUT2D eigenvalue weighted by Gasteiger charge is 2.32. The van der Waals surface area contributed by atoms with Crippen LogP contribution in [0.4, 0.5) is 5.69 Å². The number of nitrogens with zero attached hydrogens (tertiary/aromatic N) is 3. The summed E-state index contributed by atoms with van der Waals surface area (Å²) in [4.78, 5) is 24.7. The number of nitro groups is 1. The van der Waals surface area contributed by atoms with Gasteiger partial charge in [0.15, 0.2) is 0 Å². The molecule has 0 bridgehead atoms. The van der Waals surface area contributed by atoms with Gasteiger partial charge in [0.05, 0.1) is 24.0 Å². The third kappa shape index (κ3) is 4.07. The number of methoxy groups -OCH3 is 2. The van der Waals surface area contributed by atoms with Crippen LogP contribution in [0.15, 0.2) is 47.4 Å². The fourth-order valence-corrected chi connectivity index (χ4v) is 4.66. The number of amides is 1. The van der Waals surface area contributed by atoms with Gasteiger partial charge in [-0.15, -0.1) is 0 Å². The molecule has 1 amide bonds. The van der Waals surface area contributed by atoms with Crippen molar-refractivity contribution in [3.63, 3.8) is 0 Å². The van der Waals surface area contributed by atoms with E-state index in [1.54, 1.807) is 23.1 Å². The van der Waals surface area contributed by atoms with E-state index in [0.717, 1.165) is 12.1 Å². The molecule has 1 saturated heterocycles. The Morgan fingerprint density at radius 2 is 1.50 bits per heavy atom. The smallest absolute Gasteiger partial charge is 0.269 e. The fraction of sp³-hybridized carbons (Fsp3) is 0.316. The molecule has 2 aromatic carbocycles. The molecule has 0 saturated carbocycles. The van der Waals surface area contributed by atoms with Crippen LogP contribution in [-0.4, -0.2) is 68.9 Å². The maximum atomic E-state index is 13.0. The molecule has 10 nitrogen and oxygen atoms in total. The number of piperazine rings is 1. The summed E-state index contributed by atoms with van der Waals surface area (Å²) >= 11 is 0. The van der Waals surface area contributed by atoms with Crippen LogP contribution >= 0.6 is 0 Å². The predicted molar refractivity (Wildman–Crippen MR) is 107 cm³/mol. The number of carbonyl (C=O) groups is 1. The van der Waals surface area contributed by atoms with Gasteiger partial charge in [0.2, 0.25) is 10.0 Å². The van der Waals surface area contributed by atoms with E-state index < -0.39 is 14.9 Å². The second-order valence-corrected chi connectivity index (χ2v) is 8.42. The number of rotatable bonds is 6. The van der Waals surface area contributed by atoms with E-state index in [1.165, 1.54) is 30.7 Å². The van der Waals surface area contributed by atoms with E-state index in [1.807, 2.05) is 0 Å². The number of hydrogen-bond donors (Lipinski definition) is 0. The van der Waals surface area contributed by atoms with Gasteiger partial charge >= 0.3 is 0 Å². The maximum Gasteiger partial charge on any atom is 0.269 e. The Balaban J connectivity index is 1.74. The summed E-state index contributed by atoms with van der Waals surface area (Å²) in [5.74, 6) is 0.442. The van der Waals surface area contributed by atoms with E-state index in [2.05, 4.69) is 0 Å². The Hall–Kier alpha value is -3.18. The number of sulfonamides is 1. The zero-order valence-corrected chi connectivity index (χ0v) is 17.3. The topological polar surface area (TPSA) is 119 Å². The van der Waals surface area contributed by atoms with Crippen molar-refractivity contribution >= 4 is 21.6 Å². The Morgan fingerprint density at radius 3 is 1.97 bits per heavy atom. The zero-order chi connectivity index (χ0) is 21.9. The third-order valence-corrected chi connectivity index (χ3v) is 6.77. The average Bonchev–Trinajstić information content (AvgIpc) is 2.78. The molecule has 3 rings (SSSR count). The normalized spacial score (nSPS) is 14.9. The highest BCUT2D eigenvalue weighted by atomic mass is 32.2. The van der Waals surface area contributed by atoms with Gasteiger partial charge in [0.1, 0.15) is 17.1 Å². The molecule has 0 unspecified atom stereocenters. The quantitative estimate of drug-likeness (QED) is 0.501. The lowest BCUT2D eigenvalue weighted by Gasteiger charge is -2.34. The summed E-state index contributed by atoms with van der Waals surface area (Å²) < 4.78 is 37.5. The Bertz CT molecular complexity index is 1020. The molecule has 1 aliphatic heterocycles. The molecule has 1 fully saturated rings. The van der Waals surface area contributed by atoms with Gasteiger partial charge < -0.3 is 14.4 Å². The first kappa shape index (κ1) is 21.5. The molecule has 0 atom stereocenters. The minimum Gasteiger partial charge on any atom is -0.496 e. The van der Waals surface area contributed by atoms with Crippen molar-refractivity contribution in [2.24, 2.45) is 0 Å². The average molecular weight is 435 g/mol. The van der Waals surface area contributed by atoms with Crippen molar-refractivity contribution in [1.29, 1.82) is 0 Å². The van der Waals surface area contributed by atoms with E-state index >= 15 is 0 Å². The van der Waals surface area contributed by atoms with Crippen molar-refractivity contribution in [3.8, 4) is 11.5 Å². The summed E-state index contributed by atoms with van der Waals surface area (Å²) in [5.41, 5.74) is 0.101. The number of nitro benzene ring substituents is 1. The van der Waals surface area contributed by atoms with Crippen LogP contribution in [-0.2, 0) is 10.0 Å². The van der Waals surface area contributed by atoms with Crippen molar-refractivity contribution in [2.75, 3.05) is 40.4 Å². The first-order valence-corrected chi connectivity index (χ1v) is 10.5. The maximum absolute atomic E-state index is 13.0. The summed E-state index contributed by atoms with van der Waals surface area (Å²) in [7, 11) is -0.903. The van der Waals surface area contributed by atoms with Gasteiger partial charge in [-0.25, -0.2) is 8.42 Å². The molecule has 2 aromatic rings. The minimum absolute atomic E-state index is 0.0284. The van der Waals surface area contributed by atoms with Crippen LogP contribution in [0.5, 0.6) is 11.5 Å². The van der Waals surface area contributed by atoms with E-state index in [-0.39, 0.29) is 48.2 Å². The Kier molecular flexibility index (Phi) is 6.22. The molecule has 0 N–H and O–H groups in total. The summed E-state index contributed by atoms with van der Waals surface area (Å²) in [6.07, 6.45) is 0. The third-order valence-electron chi connectivity index (χ3n) is 4.85. The molecule has 30 heavy (non-hydrogen) atoms. The van der Waals surface area contributed by atoms with Crippen molar-refractivity contribution in [2.45, 2.75) is 4.90 Å². The van der Waals surface area contributed by atoms with Crippen molar-refractivity contribution < 1.29 is 27.6 Å². The van der Waals surface area contributed by atoms with Gasteiger partial charge in [-0.3, -0.25) is 14.9 Å². The summed E-state index contributed by atoms with van der Waals surface area (Å²) in [6.45, 7) is 0.573. The molecule has 0 aromatic heterocycles. The second-order valence-electron chi connectivity index (χ2n) is 6.48. The number of hydrogen-bond acceptors (Lipinski definition) is 7. The van der Waals surface area contributed by atoms with Crippen molar-refractivity contribution in [1.82, 2.24) is 9.21 Å². The summed E-state index contributed by atoms with van der Waals surface area (Å²) in [6, 6.07) is 9.76. The van der Waals surface area contributed by atoms with Gasteiger partial charge in [-0.2, -0.15) is 4.31 Å². The molecule has 1 heterocycles. The molecule has 0 aliphatic carbocycles. The predicted octanol–water partition coefficient (Wildman–Crippen LogP) is 1.76. The van der Waals surface area contributed by atoms with Crippen LogP contribution in [0.25, 0.3) is 0 Å². The van der Waals surface area contributed by atoms with Crippen LogP contribution in [0.2, 0.25) is 0 Å². The molecular formula is C19H21N3O7S. The first-order chi connectivity index (χ1) is 14.3. The SMILES string of the molecule is COc1cccc(OC)c1C(=O)N1CCN(S(=O)(=O)c2ccc([N+](=O)[O-])cc2)CC1. The lowest BCUT2D eigenvalue weighted by Crippen LogP contribution is -2.50. The molecule has 1 aliphatic rings. The van der Waals surface area contributed by atoms with E-state index in [9.17, 15) is 23.3 Å². The van der Waals surface area contributed by atoms with E-state index in [4.69, 9.17) is 9.47 Å². The highest BCUT2D eigenvalue weighted by Crippen LogP contribution is 2.30. The monoisotopic (exact) mass is 435 g/mol. The van der Waals surface area contributed by atoms with Crippen LogP contribution in [0.1, 0.15) is 10.4 Å². The molecule has 0 radical (unpaired) electrons. The van der Waals surface area contributed by atoms with E-state index in [0.29, 0.717) is 11.5 Å². The number of ether oxygens (including phenoxy) is 2. The van der Waals surface area contributed by atoms with Crippen LogP contribution < -0.4 is 9.47 Å². The fourth-order valence-electron chi connectivity index (χ4n) is 3.24. The minimum atomic E-state index is -3.82. The summed E-state index contributed by atoms with van der Waals surface area (Å²) in [5, 5.41) is 10.8. The Morgan fingerprint density at radius 1 is 0.967 bits per heavy atom. The molecule has 160 valence electrons. The second kappa shape index (κ2) is 8.67. The van der Waals surface area contributed by atoms with Crippen LogP contribution in [0.3, 0.4) is 0 Å².